The molecule has 1 aliphatic rings. The standard InChI is InChI=1S/C22H15IN2O3/c23-18-12-6-7-13-19(18)24(20(26)15-8-2-1-3-9-15)14-25-21(27)16-10-4-5-11-17(16)22(25)28/h1-13H,14H2. The van der Waals surface area contributed by atoms with Crippen LogP contribution in [0.2, 0.25) is 0 Å². The largest absolute Gasteiger partial charge is 0.288 e. The Morgan fingerprint density at radius 2 is 1.32 bits per heavy atom. The normalized spacial score (nSPS) is 12.8. The van der Waals surface area contributed by atoms with Gasteiger partial charge >= 0.3 is 0 Å². The van der Waals surface area contributed by atoms with Gasteiger partial charge in [0.05, 0.1) is 16.8 Å². The summed E-state index contributed by atoms with van der Waals surface area (Å²) < 4.78 is 0.848. The molecular formula is C22H15IN2O3. The van der Waals surface area contributed by atoms with Crippen LogP contribution in [-0.2, 0) is 0 Å². The first-order valence-corrected chi connectivity index (χ1v) is 9.72. The fourth-order valence-corrected chi connectivity index (χ4v) is 3.84. The van der Waals surface area contributed by atoms with Gasteiger partial charge in [-0.25, -0.2) is 0 Å². The molecule has 3 amide bonds. The molecule has 0 aromatic heterocycles. The van der Waals surface area contributed by atoms with E-state index in [2.05, 4.69) is 22.6 Å². The maximum atomic E-state index is 13.2. The Balaban J connectivity index is 1.73. The summed E-state index contributed by atoms with van der Waals surface area (Å²) in [7, 11) is 0. The number of para-hydroxylation sites is 1. The van der Waals surface area contributed by atoms with E-state index >= 15 is 0 Å². The zero-order valence-corrected chi connectivity index (χ0v) is 16.9. The summed E-state index contributed by atoms with van der Waals surface area (Å²) in [6, 6.07) is 22.9. The Bertz CT molecular complexity index is 1050. The molecule has 0 atom stereocenters. The highest BCUT2D eigenvalue weighted by Gasteiger charge is 2.37. The smallest absolute Gasteiger partial charge is 0.263 e. The van der Waals surface area contributed by atoms with Crippen LogP contribution in [0, 0.1) is 3.57 Å². The second kappa shape index (κ2) is 7.55. The second-order valence-corrected chi connectivity index (χ2v) is 7.44. The third kappa shape index (κ3) is 3.20. The summed E-state index contributed by atoms with van der Waals surface area (Å²) in [5.41, 5.74) is 1.86. The van der Waals surface area contributed by atoms with Crippen molar-refractivity contribution in [3.8, 4) is 0 Å². The highest BCUT2D eigenvalue weighted by atomic mass is 127. The van der Waals surface area contributed by atoms with E-state index in [1.54, 1.807) is 54.6 Å². The topological polar surface area (TPSA) is 57.7 Å². The first-order chi connectivity index (χ1) is 13.6. The molecule has 0 N–H and O–H groups in total. The van der Waals surface area contributed by atoms with E-state index in [1.165, 1.54) is 4.90 Å². The number of imide groups is 1. The van der Waals surface area contributed by atoms with E-state index in [0.717, 1.165) is 8.47 Å². The van der Waals surface area contributed by atoms with Crippen LogP contribution in [0.15, 0.2) is 78.9 Å². The lowest BCUT2D eigenvalue weighted by Gasteiger charge is -2.28. The molecule has 28 heavy (non-hydrogen) atoms. The van der Waals surface area contributed by atoms with Crippen molar-refractivity contribution in [2.45, 2.75) is 0 Å². The molecule has 3 aromatic carbocycles. The molecule has 0 spiro atoms. The number of hydrogen-bond donors (Lipinski definition) is 0. The van der Waals surface area contributed by atoms with Gasteiger partial charge in [0.2, 0.25) is 0 Å². The molecule has 1 heterocycles. The van der Waals surface area contributed by atoms with Crippen molar-refractivity contribution < 1.29 is 14.4 Å². The Labute approximate surface area is 175 Å². The summed E-state index contributed by atoms with van der Waals surface area (Å²) in [6.07, 6.45) is 0. The number of carbonyl (C=O) groups is 3. The van der Waals surface area contributed by atoms with Gasteiger partial charge in [0, 0.05) is 9.13 Å². The minimum absolute atomic E-state index is 0.153. The first-order valence-electron chi connectivity index (χ1n) is 8.64. The lowest BCUT2D eigenvalue weighted by atomic mass is 10.1. The van der Waals surface area contributed by atoms with Crippen molar-refractivity contribution in [1.82, 2.24) is 4.90 Å². The Morgan fingerprint density at radius 3 is 1.93 bits per heavy atom. The summed E-state index contributed by atoms with van der Waals surface area (Å²) in [5.74, 6) is -1.06. The van der Waals surface area contributed by atoms with Crippen molar-refractivity contribution in [2.75, 3.05) is 11.6 Å². The summed E-state index contributed by atoms with van der Waals surface area (Å²) in [6.45, 7) is -0.153. The van der Waals surface area contributed by atoms with Gasteiger partial charge in [0.1, 0.15) is 6.67 Å². The van der Waals surface area contributed by atoms with E-state index in [1.807, 2.05) is 24.3 Å². The quantitative estimate of drug-likeness (QED) is 0.414. The molecule has 3 aromatic rings. The van der Waals surface area contributed by atoms with Gasteiger partial charge in [-0.1, -0.05) is 42.5 Å². The minimum Gasteiger partial charge on any atom is -0.288 e. The van der Waals surface area contributed by atoms with Crippen molar-refractivity contribution >= 4 is 46.0 Å². The van der Waals surface area contributed by atoms with Crippen LogP contribution in [0.5, 0.6) is 0 Å². The van der Waals surface area contributed by atoms with E-state index in [4.69, 9.17) is 0 Å². The average Bonchev–Trinajstić information content (AvgIpc) is 2.97. The van der Waals surface area contributed by atoms with Gasteiger partial charge < -0.3 is 0 Å². The lowest BCUT2D eigenvalue weighted by Crippen LogP contribution is -2.44. The van der Waals surface area contributed by atoms with Crippen molar-refractivity contribution in [2.24, 2.45) is 0 Å². The zero-order valence-electron chi connectivity index (χ0n) is 14.7. The van der Waals surface area contributed by atoms with Crippen LogP contribution < -0.4 is 4.90 Å². The maximum absolute atomic E-state index is 13.2. The number of fused-ring (bicyclic) bond motifs is 1. The minimum atomic E-state index is -0.391. The predicted molar refractivity (Wildman–Crippen MR) is 114 cm³/mol. The number of rotatable bonds is 4. The monoisotopic (exact) mass is 482 g/mol. The zero-order chi connectivity index (χ0) is 19.7. The highest BCUT2D eigenvalue weighted by Crippen LogP contribution is 2.28. The maximum Gasteiger partial charge on any atom is 0.263 e. The number of halogens is 1. The molecule has 4 rings (SSSR count). The van der Waals surface area contributed by atoms with Crippen molar-refractivity contribution in [3.63, 3.8) is 0 Å². The van der Waals surface area contributed by atoms with E-state index in [0.29, 0.717) is 22.4 Å². The number of benzene rings is 3. The SMILES string of the molecule is O=C1c2ccccc2C(=O)N1CN(C(=O)c1ccccc1)c1ccccc1I. The molecule has 0 radical (unpaired) electrons. The van der Waals surface area contributed by atoms with Gasteiger partial charge in [-0.3, -0.25) is 24.2 Å². The van der Waals surface area contributed by atoms with Crippen LogP contribution in [0.1, 0.15) is 31.1 Å². The van der Waals surface area contributed by atoms with Crippen LogP contribution in [0.3, 0.4) is 0 Å². The summed E-state index contributed by atoms with van der Waals surface area (Å²) >= 11 is 2.14. The predicted octanol–water partition coefficient (Wildman–Crippen LogP) is 4.19. The number of carbonyl (C=O) groups excluding carboxylic acids is 3. The van der Waals surface area contributed by atoms with Gasteiger partial charge in [-0.2, -0.15) is 0 Å². The summed E-state index contributed by atoms with van der Waals surface area (Å²) in [4.78, 5) is 41.4. The van der Waals surface area contributed by atoms with E-state index < -0.39 is 11.8 Å². The lowest BCUT2D eigenvalue weighted by molar-refractivity contribution is 0.0650. The molecule has 0 saturated heterocycles. The van der Waals surface area contributed by atoms with Gasteiger partial charge in [0.25, 0.3) is 17.7 Å². The third-order valence-corrected chi connectivity index (χ3v) is 5.48. The molecule has 0 aliphatic carbocycles. The third-order valence-electron chi connectivity index (χ3n) is 4.57. The first kappa shape index (κ1) is 18.4. The molecule has 0 bridgehead atoms. The number of hydrogen-bond acceptors (Lipinski definition) is 3. The number of nitrogens with zero attached hydrogens (tertiary/aromatic N) is 2. The van der Waals surface area contributed by atoms with Crippen LogP contribution >= 0.6 is 22.6 Å². The average molecular weight is 482 g/mol. The fourth-order valence-electron chi connectivity index (χ4n) is 3.17. The Kier molecular flexibility index (Phi) is 4.95. The summed E-state index contributed by atoms with van der Waals surface area (Å²) in [5, 5.41) is 0. The molecule has 138 valence electrons. The second-order valence-electron chi connectivity index (χ2n) is 6.28. The molecule has 5 nitrogen and oxygen atoms in total. The highest BCUT2D eigenvalue weighted by molar-refractivity contribution is 14.1. The van der Waals surface area contributed by atoms with Crippen LogP contribution in [0.25, 0.3) is 0 Å². The molecule has 0 fully saturated rings. The van der Waals surface area contributed by atoms with Gasteiger partial charge in [-0.15, -0.1) is 0 Å². The Hall–Kier alpha value is -3.00. The number of amides is 3. The number of anilines is 1. The Morgan fingerprint density at radius 1 is 0.786 bits per heavy atom. The van der Waals surface area contributed by atoms with Crippen LogP contribution in [-0.4, -0.2) is 29.3 Å². The van der Waals surface area contributed by atoms with Crippen molar-refractivity contribution in [3.05, 3.63) is 99.1 Å². The van der Waals surface area contributed by atoms with Crippen LogP contribution in [0.4, 0.5) is 5.69 Å². The molecular weight excluding hydrogens is 467 g/mol. The van der Waals surface area contributed by atoms with Crippen molar-refractivity contribution in [1.29, 1.82) is 0 Å². The van der Waals surface area contributed by atoms with E-state index in [-0.39, 0.29) is 12.6 Å². The molecule has 6 heteroatoms. The fraction of sp³-hybridized carbons (Fsp3) is 0.0455. The van der Waals surface area contributed by atoms with Gasteiger partial charge in [-0.05, 0) is 59.0 Å². The molecule has 0 unspecified atom stereocenters. The molecule has 1 aliphatic heterocycles. The van der Waals surface area contributed by atoms with Gasteiger partial charge in [0.15, 0.2) is 0 Å². The molecule has 0 saturated carbocycles. The van der Waals surface area contributed by atoms with E-state index in [9.17, 15) is 14.4 Å².